The lowest BCUT2D eigenvalue weighted by Gasteiger charge is -2.09. The number of hydrogen-bond acceptors (Lipinski definition) is 3. The van der Waals surface area contributed by atoms with E-state index in [0.717, 1.165) is 18.5 Å². The van der Waals surface area contributed by atoms with Crippen LogP contribution in [0.5, 0.6) is 0 Å². The van der Waals surface area contributed by atoms with Gasteiger partial charge in [-0.05, 0) is 25.8 Å². The van der Waals surface area contributed by atoms with Gasteiger partial charge in [-0.15, -0.1) is 0 Å². The lowest BCUT2D eigenvalue weighted by Crippen LogP contribution is -2.39. The molecule has 6 nitrogen and oxygen atoms in total. The van der Waals surface area contributed by atoms with E-state index in [2.05, 4.69) is 5.10 Å². The van der Waals surface area contributed by atoms with Crippen LogP contribution in [0.25, 0.3) is 0 Å². The third-order valence-electron chi connectivity index (χ3n) is 4.16. The van der Waals surface area contributed by atoms with E-state index in [4.69, 9.17) is 0 Å². The van der Waals surface area contributed by atoms with Gasteiger partial charge in [-0.25, -0.2) is 4.79 Å². The van der Waals surface area contributed by atoms with Crippen molar-refractivity contribution in [2.75, 3.05) is 0 Å². The SMILES string of the molecule is CCn1ccc(=O)n(Cc2ccn(C3CCCC3)n2)c1=O. The van der Waals surface area contributed by atoms with Gasteiger partial charge in [0.25, 0.3) is 5.56 Å². The minimum absolute atomic E-state index is 0.234. The van der Waals surface area contributed by atoms with Crippen molar-refractivity contribution in [3.8, 4) is 0 Å². The van der Waals surface area contributed by atoms with Gasteiger partial charge in [-0.1, -0.05) is 12.8 Å². The van der Waals surface area contributed by atoms with Gasteiger partial charge in [0.1, 0.15) is 0 Å². The Morgan fingerprint density at radius 1 is 1.19 bits per heavy atom. The van der Waals surface area contributed by atoms with E-state index in [1.165, 1.54) is 34.2 Å². The molecule has 2 aromatic rings. The molecule has 1 aliphatic rings. The van der Waals surface area contributed by atoms with Crippen molar-refractivity contribution in [3.63, 3.8) is 0 Å². The zero-order chi connectivity index (χ0) is 14.8. The van der Waals surface area contributed by atoms with Crippen LogP contribution in [-0.4, -0.2) is 18.9 Å². The van der Waals surface area contributed by atoms with Crippen LogP contribution in [0.3, 0.4) is 0 Å². The molecule has 0 atom stereocenters. The van der Waals surface area contributed by atoms with Crippen LogP contribution in [0.2, 0.25) is 0 Å². The van der Waals surface area contributed by atoms with Crippen molar-refractivity contribution in [1.82, 2.24) is 18.9 Å². The monoisotopic (exact) mass is 288 g/mol. The molecule has 2 heterocycles. The maximum atomic E-state index is 12.2. The van der Waals surface area contributed by atoms with Crippen molar-refractivity contribution in [1.29, 1.82) is 0 Å². The van der Waals surface area contributed by atoms with Crippen molar-refractivity contribution in [3.05, 3.63) is 51.1 Å². The highest BCUT2D eigenvalue weighted by molar-refractivity contribution is 5.02. The van der Waals surface area contributed by atoms with Crippen molar-refractivity contribution in [2.45, 2.75) is 51.7 Å². The Hall–Kier alpha value is -2.11. The molecule has 0 radical (unpaired) electrons. The molecular formula is C15H20N4O2. The molecule has 6 heteroatoms. The molecule has 0 aliphatic heterocycles. The van der Waals surface area contributed by atoms with Gasteiger partial charge in [-0.3, -0.25) is 14.0 Å². The highest BCUT2D eigenvalue weighted by atomic mass is 16.2. The fourth-order valence-corrected chi connectivity index (χ4v) is 2.94. The van der Waals surface area contributed by atoms with Crippen LogP contribution >= 0.6 is 0 Å². The molecule has 0 spiro atoms. The van der Waals surface area contributed by atoms with Crippen molar-refractivity contribution >= 4 is 0 Å². The second kappa shape index (κ2) is 5.71. The summed E-state index contributed by atoms with van der Waals surface area (Å²) in [5.41, 5.74) is 0.204. The summed E-state index contributed by atoms with van der Waals surface area (Å²) in [5, 5.41) is 4.53. The summed E-state index contributed by atoms with van der Waals surface area (Å²) in [7, 11) is 0. The first-order chi connectivity index (χ1) is 10.2. The Morgan fingerprint density at radius 2 is 1.95 bits per heavy atom. The predicted octanol–water partition coefficient (Wildman–Crippen LogP) is 1.39. The van der Waals surface area contributed by atoms with E-state index in [-0.39, 0.29) is 17.8 Å². The first-order valence-electron chi connectivity index (χ1n) is 7.53. The standard InChI is InChI=1S/C15H20N4O2/c1-2-17-9-8-14(20)18(15(17)21)11-12-7-10-19(16-12)13-5-3-4-6-13/h7-10,13H,2-6,11H2,1H3. The number of nitrogens with zero attached hydrogens (tertiary/aromatic N) is 4. The van der Waals surface area contributed by atoms with E-state index < -0.39 is 0 Å². The summed E-state index contributed by atoms with van der Waals surface area (Å²) in [6, 6.07) is 3.80. The average Bonchev–Trinajstić information content (AvgIpc) is 3.14. The molecule has 3 rings (SSSR count). The molecule has 112 valence electrons. The van der Waals surface area contributed by atoms with Crippen LogP contribution in [-0.2, 0) is 13.1 Å². The van der Waals surface area contributed by atoms with Crippen molar-refractivity contribution < 1.29 is 0 Å². The summed E-state index contributed by atoms with van der Waals surface area (Å²) >= 11 is 0. The summed E-state index contributed by atoms with van der Waals surface area (Å²) in [6.45, 7) is 2.67. The van der Waals surface area contributed by atoms with Crippen LogP contribution in [0, 0.1) is 0 Å². The quantitative estimate of drug-likeness (QED) is 0.854. The topological polar surface area (TPSA) is 61.8 Å². The fourth-order valence-electron chi connectivity index (χ4n) is 2.94. The molecule has 0 unspecified atom stereocenters. The van der Waals surface area contributed by atoms with E-state index in [0.29, 0.717) is 12.6 Å². The molecule has 1 aliphatic carbocycles. The fraction of sp³-hybridized carbons (Fsp3) is 0.533. The van der Waals surface area contributed by atoms with E-state index in [1.54, 1.807) is 0 Å². The van der Waals surface area contributed by atoms with Crippen LogP contribution in [0.4, 0.5) is 0 Å². The van der Waals surface area contributed by atoms with Gasteiger partial charge in [0, 0.05) is 25.0 Å². The molecule has 0 bridgehead atoms. The molecule has 2 aromatic heterocycles. The summed E-state index contributed by atoms with van der Waals surface area (Å²) in [5.74, 6) is 0. The van der Waals surface area contributed by atoms with Crippen molar-refractivity contribution in [2.24, 2.45) is 0 Å². The van der Waals surface area contributed by atoms with Crippen LogP contribution < -0.4 is 11.2 Å². The molecule has 0 N–H and O–H groups in total. The number of aryl methyl sites for hydroxylation is 1. The highest BCUT2D eigenvalue weighted by Crippen LogP contribution is 2.28. The minimum Gasteiger partial charge on any atom is -0.301 e. The van der Waals surface area contributed by atoms with Gasteiger partial charge in [0.2, 0.25) is 0 Å². The third kappa shape index (κ3) is 2.70. The van der Waals surface area contributed by atoms with Gasteiger partial charge in [0.05, 0.1) is 18.3 Å². The third-order valence-corrected chi connectivity index (χ3v) is 4.16. The Kier molecular flexibility index (Phi) is 3.77. The summed E-state index contributed by atoms with van der Waals surface area (Å²) in [4.78, 5) is 24.1. The maximum absolute atomic E-state index is 12.2. The first kappa shape index (κ1) is 13.9. The maximum Gasteiger partial charge on any atom is 0.331 e. The Morgan fingerprint density at radius 3 is 2.67 bits per heavy atom. The second-order valence-corrected chi connectivity index (χ2v) is 5.53. The Bertz CT molecular complexity index is 735. The molecular weight excluding hydrogens is 268 g/mol. The lowest BCUT2D eigenvalue weighted by atomic mass is 10.3. The van der Waals surface area contributed by atoms with Gasteiger partial charge in [0.15, 0.2) is 0 Å². The minimum atomic E-state index is -0.278. The molecule has 21 heavy (non-hydrogen) atoms. The molecule has 0 saturated heterocycles. The average molecular weight is 288 g/mol. The Balaban J connectivity index is 1.87. The number of rotatable bonds is 4. The van der Waals surface area contributed by atoms with Gasteiger partial charge < -0.3 is 4.57 Å². The Labute approximate surface area is 122 Å². The molecule has 1 saturated carbocycles. The lowest BCUT2D eigenvalue weighted by molar-refractivity contribution is 0.460. The van der Waals surface area contributed by atoms with Gasteiger partial charge in [-0.2, -0.15) is 5.10 Å². The zero-order valence-electron chi connectivity index (χ0n) is 12.2. The molecule has 0 aromatic carbocycles. The zero-order valence-corrected chi connectivity index (χ0v) is 12.2. The van der Waals surface area contributed by atoms with Crippen LogP contribution in [0.15, 0.2) is 34.1 Å². The predicted molar refractivity (Wildman–Crippen MR) is 79.5 cm³/mol. The summed E-state index contributed by atoms with van der Waals surface area (Å²) < 4.78 is 4.74. The highest BCUT2D eigenvalue weighted by Gasteiger charge is 2.17. The number of aromatic nitrogens is 4. The van der Waals surface area contributed by atoms with Crippen LogP contribution in [0.1, 0.15) is 44.3 Å². The van der Waals surface area contributed by atoms with Gasteiger partial charge >= 0.3 is 5.69 Å². The smallest absolute Gasteiger partial charge is 0.301 e. The largest absolute Gasteiger partial charge is 0.331 e. The second-order valence-electron chi connectivity index (χ2n) is 5.53. The van der Waals surface area contributed by atoms with E-state index >= 15 is 0 Å². The van der Waals surface area contributed by atoms with E-state index in [1.807, 2.05) is 23.9 Å². The van der Waals surface area contributed by atoms with E-state index in [9.17, 15) is 9.59 Å². The molecule has 0 amide bonds. The molecule has 1 fully saturated rings. The first-order valence-corrected chi connectivity index (χ1v) is 7.53. The summed E-state index contributed by atoms with van der Waals surface area (Å²) in [6.07, 6.45) is 8.32. The normalized spacial score (nSPS) is 15.7. The number of hydrogen-bond donors (Lipinski definition) is 0.